The topological polar surface area (TPSA) is 37.4 Å². The van der Waals surface area contributed by atoms with Gasteiger partial charge in [0.25, 0.3) is 0 Å². The van der Waals surface area contributed by atoms with Gasteiger partial charge in [-0.15, -0.1) is 0 Å². The number of hydrogen-bond donors (Lipinski definition) is 1. The van der Waals surface area contributed by atoms with Crippen LogP contribution >= 0.6 is 0 Å². The zero-order valence-corrected chi connectivity index (χ0v) is 14.1. The van der Waals surface area contributed by atoms with Crippen LogP contribution < -0.4 is 5.32 Å². The van der Waals surface area contributed by atoms with Crippen LogP contribution in [0.5, 0.6) is 0 Å². The molecule has 0 radical (unpaired) electrons. The van der Waals surface area contributed by atoms with E-state index in [4.69, 9.17) is 4.74 Å². The molecule has 0 bridgehead atoms. The van der Waals surface area contributed by atoms with E-state index in [0.717, 1.165) is 38.4 Å². The standard InChI is InChI=1S/C17H29N3O/c1-6-18-9-14-7-8-15(19-10-14)11-20-12-16(2,3)21-17(4,5)13-20/h7-8,10,18H,6,9,11-13H2,1-5H3. The highest BCUT2D eigenvalue weighted by Gasteiger charge is 2.37. The van der Waals surface area contributed by atoms with Crippen molar-refractivity contribution >= 4 is 0 Å². The van der Waals surface area contributed by atoms with Crippen molar-refractivity contribution in [3.8, 4) is 0 Å². The first-order valence-corrected chi connectivity index (χ1v) is 7.87. The maximum absolute atomic E-state index is 6.12. The van der Waals surface area contributed by atoms with Gasteiger partial charge in [0.2, 0.25) is 0 Å². The molecule has 2 rings (SSSR count). The largest absolute Gasteiger partial charge is 0.367 e. The number of nitrogens with zero attached hydrogens (tertiary/aromatic N) is 2. The molecule has 1 fully saturated rings. The molecule has 0 unspecified atom stereocenters. The molecule has 4 heteroatoms. The lowest BCUT2D eigenvalue weighted by molar-refractivity contribution is -0.182. The maximum atomic E-state index is 6.12. The zero-order valence-electron chi connectivity index (χ0n) is 14.1. The Bertz CT molecular complexity index is 438. The number of hydrogen-bond acceptors (Lipinski definition) is 4. The van der Waals surface area contributed by atoms with Crippen molar-refractivity contribution in [3.05, 3.63) is 29.6 Å². The smallest absolute Gasteiger partial charge is 0.0760 e. The zero-order chi connectivity index (χ0) is 15.5. The van der Waals surface area contributed by atoms with Crippen LogP contribution in [-0.2, 0) is 17.8 Å². The van der Waals surface area contributed by atoms with Crippen LogP contribution in [0, 0.1) is 0 Å². The monoisotopic (exact) mass is 291 g/mol. The highest BCUT2D eigenvalue weighted by atomic mass is 16.5. The number of morpholine rings is 1. The molecule has 0 amide bonds. The minimum Gasteiger partial charge on any atom is -0.367 e. The molecule has 2 heterocycles. The fraction of sp³-hybridized carbons (Fsp3) is 0.706. The third-order valence-corrected chi connectivity index (χ3v) is 3.61. The lowest BCUT2D eigenvalue weighted by Crippen LogP contribution is -2.56. The van der Waals surface area contributed by atoms with E-state index in [1.807, 2.05) is 6.20 Å². The molecule has 1 aliphatic heterocycles. The SMILES string of the molecule is CCNCc1ccc(CN2CC(C)(C)OC(C)(C)C2)nc1. The second kappa shape index (κ2) is 6.42. The van der Waals surface area contributed by atoms with Crippen molar-refractivity contribution in [1.29, 1.82) is 0 Å². The molecular weight excluding hydrogens is 262 g/mol. The molecular formula is C17H29N3O. The summed E-state index contributed by atoms with van der Waals surface area (Å²) in [7, 11) is 0. The van der Waals surface area contributed by atoms with Gasteiger partial charge in [0, 0.05) is 32.4 Å². The van der Waals surface area contributed by atoms with E-state index in [1.165, 1.54) is 5.56 Å². The Morgan fingerprint density at radius 3 is 2.38 bits per heavy atom. The molecule has 1 aliphatic rings. The van der Waals surface area contributed by atoms with Crippen molar-refractivity contribution in [1.82, 2.24) is 15.2 Å². The molecule has 0 spiro atoms. The number of ether oxygens (including phenoxy) is 1. The normalized spacial score (nSPS) is 21.4. The Labute approximate surface area is 128 Å². The number of pyridine rings is 1. The molecule has 0 saturated carbocycles. The first-order chi connectivity index (χ1) is 9.80. The Morgan fingerprint density at radius 2 is 1.86 bits per heavy atom. The number of nitrogens with one attached hydrogen (secondary N) is 1. The molecule has 1 aromatic heterocycles. The van der Waals surface area contributed by atoms with Gasteiger partial charge in [0.15, 0.2) is 0 Å². The van der Waals surface area contributed by atoms with Crippen LogP contribution in [0.1, 0.15) is 45.9 Å². The second-order valence-corrected chi connectivity index (χ2v) is 7.20. The molecule has 0 aliphatic carbocycles. The van der Waals surface area contributed by atoms with Crippen LogP contribution in [0.2, 0.25) is 0 Å². The molecule has 4 nitrogen and oxygen atoms in total. The van der Waals surface area contributed by atoms with E-state index < -0.39 is 0 Å². The highest BCUT2D eigenvalue weighted by molar-refractivity contribution is 5.14. The number of rotatable bonds is 5. The average molecular weight is 291 g/mol. The average Bonchev–Trinajstić information content (AvgIpc) is 2.34. The minimum atomic E-state index is -0.104. The lowest BCUT2D eigenvalue weighted by Gasteiger charge is -2.47. The summed E-state index contributed by atoms with van der Waals surface area (Å²) < 4.78 is 6.12. The minimum absolute atomic E-state index is 0.104. The Kier molecular flexibility index (Phi) is 5.02. The van der Waals surface area contributed by atoms with Gasteiger partial charge in [-0.3, -0.25) is 9.88 Å². The summed E-state index contributed by atoms with van der Waals surface area (Å²) in [5.41, 5.74) is 2.16. The Hall–Kier alpha value is -0.970. The van der Waals surface area contributed by atoms with Crippen molar-refractivity contribution in [3.63, 3.8) is 0 Å². The Balaban J connectivity index is 1.97. The van der Waals surface area contributed by atoms with E-state index in [1.54, 1.807) is 0 Å². The predicted molar refractivity (Wildman–Crippen MR) is 86.1 cm³/mol. The van der Waals surface area contributed by atoms with Crippen LogP contribution in [-0.4, -0.2) is 40.7 Å². The van der Waals surface area contributed by atoms with Crippen LogP contribution in [0.3, 0.4) is 0 Å². The summed E-state index contributed by atoms with van der Waals surface area (Å²) in [5.74, 6) is 0. The molecule has 118 valence electrons. The quantitative estimate of drug-likeness (QED) is 0.905. The first kappa shape index (κ1) is 16.4. The van der Waals surface area contributed by atoms with Crippen LogP contribution in [0.4, 0.5) is 0 Å². The molecule has 1 saturated heterocycles. The molecule has 1 aromatic rings. The summed E-state index contributed by atoms with van der Waals surface area (Å²) in [6.45, 7) is 15.4. The van der Waals surface area contributed by atoms with Gasteiger partial charge in [-0.1, -0.05) is 13.0 Å². The second-order valence-electron chi connectivity index (χ2n) is 7.20. The lowest BCUT2D eigenvalue weighted by atomic mass is 9.99. The van der Waals surface area contributed by atoms with Crippen molar-refractivity contribution in [2.75, 3.05) is 19.6 Å². The van der Waals surface area contributed by atoms with E-state index in [0.29, 0.717) is 0 Å². The summed E-state index contributed by atoms with van der Waals surface area (Å²) in [6, 6.07) is 4.31. The van der Waals surface area contributed by atoms with Crippen molar-refractivity contribution < 1.29 is 4.74 Å². The van der Waals surface area contributed by atoms with Gasteiger partial charge in [0.1, 0.15) is 0 Å². The van der Waals surface area contributed by atoms with E-state index in [2.05, 4.69) is 62.0 Å². The first-order valence-electron chi connectivity index (χ1n) is 7.87. The van der Waals surface area contributed by atoms with Gasteiger partial charge in [-0.25, -0.2) is 0 Å². The van der Waals surface area contributed by atoms with E-state index in [-0.39, 0.29) is 11.2 Å². The summed E-state index contributed by atoms with van der Waals surface area (Å²) >= 11 is 0. The van der Waals surface area contributed by atoms with Crippen LogP contribution in [0.25, 0.3) is 0 Å². The molecule has 21 heavy (non-hydrogen) atoms. The fourth-order valence-corrected chi connectivity index (χ4v) is 3.21. The van der Waals surface area contributed by atoms with Gasteiger partial charge in [0.05, 0.1) is 16.9 Å². The third kappa shape index (κ3) is 5.06. The highest BCUT2D eigenvalue weighted by Crippen LogP contribution is 2.28. The maximum Gasteiger partial charge on any atom is 0.0760 e. The van der Waals surface area contributed by atoms with Crippen molar-refractivity contribution in [2.45, 2.75) is 58.9 Å². The summed E-state index contributed by atoms with van der Waals surface area (Å²) in [5, 5.41) is 3.32. The summed E-state index contributed by atoms with van der Waals surface area (Å²) in [6.07, 6.45) is 1.98. The van der Waals surface area contributed by atoms with Gasteiger partial charge in [-0.2, -0.15) is 0 Å². The Morgan fingerprint density at radius 1 is 1.19 bits per heavy atom. The number of aromatic nitrogens is 1. The molecule has 0 aromatic carbocycles. The molecule has 1 N–H and O–H groups in total. The van der Waals surface area contributed by atoms with Crippen LogP contribution in [0.15, 0.2) is 18.3 Å². The van der Waals surface area contributed by atoms with Gasteiger partial charge < -0.3 is 10.1 Å². The van der Waals surface area contributed by atoms with E-state index in [9.17, 15) is 0 Å². The summed E-state index contributed by atoms with van der Waals surface area (Å²) in [4.78, 5) is 7.04. The molecule has 0 atom stereocenters. The van der Waals surface area contributed by atoms with E-state index >= 15 is 0 Å². The predicted octanol–water partition coefficient (Wildman–Crippen LogP) is 2.58. The van der Waals surface area contributed by atoms with Gasteiger partial charge >= 0.3 is 0 Å². The third-order valence-electron chi connectivity index (χ3n) is 3.61. The fourth-order valence-electron chi connectivity index (χ4n) is 3.21. The van der Waals surface area contributed by atoms with Crippen molar-refractivity contribution in [2.24, 2.45) is 0 Å². The van der Waals surface area contributed by atoms with Gasteiger partial charge in [-0.05, 0) is 45.9 Å².